The van der Waals surface area contributed by atoms with Crippen LogP contribution in [0.2, 0.25) is 4.34 Å². The van der Waals surface area contributed by atoms with Crippen molar-refractivity contribution in [3.05, 3.63) is 32.8 Å². The van der Waals surface area contributed by atoms with Gasteiger partial charge in [0.1, 0.15) is 4.21 Å². The van der Waals surface area contributed by atoms with E-state index in [1.165, 1.54) is 12.1 Å². The monoisotopic (exact) mass is 390 g/mol. The van der Waals surface area contributed by atoms with Crippen molar-refractivity contribution >= 4 is 33.0 Å². The summed E-state index contributed by atoms with van der Waals surface area (Å²) < 4.78 is 65.0. The van der Waals surface area contributed by atoms with Gasteiger partial charge in [-0.1, -0.05) is 11.6 Å². The summed E-state index contributed by atoms with van der Waals surface area (Å²) in [5, 5.41) is 3.17. The van der Waals surface area contributed by atoms with Gasteiger partial charge in [-0.15, -0.1) is 16.4 Å². The van der Waals surface area contributed by atoms with Gasteiger partial charge in [0.15, 0.2) is 0 Å². The molecule has 1 N–H and O–H groups in total. The topological polar surface area (TPSA) is 86.0 Å². The second kappa shape index (κ2) is 6.26. The molecule has 0 radical (unpaired) electrons. The van der Waals surface area contributed by atoms with E-state index in [1.54, 1.807) is 0 Å². The first kappa shape index (κ1) is 18.0. The average molecular weight is 391 g/mol. The maximum absolute atomic E-state index is 12.6. The molecule has 0 saturated carbocycles. The standard InChI is InChI=1S/C10H10ClF3N4O3S2/c1-17-8(10(12,13)14)16-18(9(17)19)5-4-15-23(20,21)7-3-2-6(11)22-7/h2-3,15H,4-5H2,1H3. The van der Waals surface area contributed by atoms with Gasteiger partial charge in [-0.05, 0) is 12.1 Å². The zero-order valence-electron chi connectivity index (χ0n) is 11.5. The third-order valence-electron chi connectivity index (χ3n) is 2.72. The second-order valence-corrected chi connectivity index (χ2v) is 8.05. The second-order valence-electron chi connectivity index (χ2n) is 4.34. The SMILES string of the molecule is Cn1c(C(F)(F)F)nn(CCNS(=O)(=O)c2ccc(Cl)s2)c1=O. The Morgan fingerprint density at radius 2 is 2.04 bits per heavy atom. The van der Waals surface area contributed by atoms with Gasteiger partial charge in [0.25, 0.3) is 0 Å². The molecule has 128 valence electrons. The molecular formula is C10H10ClF3N4O3S2. The number of rotatable bonds is 5. The van der Waals surface area contributed by atoms with E-state index in [-0.39, 0.29) is 21.6 Å². The van der Waals surface area contributed by atoms with E-state index in [0.717, 1.165) is 18.4 Å². The lowest BCUT2D eigenvalue weighted by atomic mass is 10.6. The van der Waals surface area contributed by atoms with Crippen LogP contribution in [0.25, 0.3) is 0 Å². The minimum atomic E-state index is -4.77. The van der Waals surface area contributed by atoms with Crippen molar-refractivity contribution < 1.29 is 21.6 Å². The van der Waals surface area contributed by atoms with Gasteiger partial charge in [-0.3, -0.25) is 4.57 Å². The van der Waals surface area contributed by atoms with E-state index in [0.29, 0.717) is 9.25 Å². The smallest absolute Gasteiger partial charge is 0.274 e. The van der Waals surface area contributed by atoms with Crippen molar-refractivity contribution in [2.75, 3.05) is 6.54 Å². The van der Waals surface area contributed by atoms with Gasteiger partial charge < -0.3 is 0 Å². The fourth-order valence-electron chi connectivity index (χ4n) is 1.68. The molecule has 2 aromatic rings. The molecule has 0 fully saturated rings. The lowest BCUT2D eigenvalue weighted by Gasteiger charge is -2.04. The Hall–Kier alpha value is -1.37. The number of aromatic nitrogens is 3. The minimum Gasteiger partial charge on any atom is -0.274 e. The molecule has 2 aromatic heterocycles. The highest BCUT2D eigenvalue weighted by molar-refractivity contribution is 7.91. The van der Waals surface area contributed by atoms with Crippen LogP contribution in [0.5, 0.6) is 0 Å². The van der Waals surface area contributed by atoms with E-state index in [4.69, 9.17) is 11.6 Å². The van der Waals surface area contributed by atoms with Gasteiger partial charge >= 0.3 is 11.9 Å². The van der Waals surface area contributed by atoms with Crippen LogP contribution in [0.1, 0.15) is 5.82 Å². The Morgan fingerprint density at radius 3 is 2.52 bits per heavy atom. The summed E-state index contributed by atoms with van der Waals surface area (Å²) in [7, 11) is -2.91. The van der Waals surface area contributed by atoms with Crippen LogP contribution >= 0.6 is 22.9 Å². The van der Waals surface area contributed by atoms with E-state index in [1.807, 2.05) is 0 Å². The van der Waals surface area contributed by atoms with Crippen LogP contribution in [-0.2, 0) is 29.8 Å². The summed E-state index contributed by atoms with van der Waals surface area (Å²) in [4.78, 5) is 11.6. The molecule has 2 heterocycles. The molecule has 7 nitrogen and oxygen atoms in total. The van der Waals surface area contributed by atoms with Crippen molar-refractivity contribution in [2.45, 2.75) is 16.9 Å². The average Bonchev–Trinajstić information content (AvgIpc) is 2.97. The van der Waals surface area contributed by atoms with Crippen molar-refractivity contribution in [2.24, 2.45) is 7.05 Å². The first-order chi connectivity index (χ1) is 10.5. The maximum atomic E-state index is 12.6. The van der Waals surface area contributed by atoms with E-state index >= 15 is 0 Å². The normalized spacial score (nSPS) is 12.7. The van der Waals surface area contributed by atoms with E-state index in [2.05, 4.69) is 9.82 Å². The Morgan fingerprint density at radius 1 is 1.39 bits per heavy atom. The first-order valence-electron chi connectivity index (χ1n) is 5.98. The zero-order valence-corrected chi connectivity index (χ0v) is 13.9. The van der Waals surface area contributed by atoms with Crippen molar-refractivity contribution in [1.29, 1.82) is 0 Å². The van der Waals surface area contributed by atoms with Crippen LogP contribution < -0.4 is 10.4 Å². The molecule has 0 spiro atoms. The Bertz CT molecular complexity index is 869. The number of nitrogens with zero attached hydrogens (tertiary/aromatic N) is 3. The third kappa shape index (κ3) is 3.94. The molecule has 0 bridgehead atoms. The van der Waals surface area contributed by atoms with Crippen LogP contribution in [0, 0.1) is 0 Å². The van der Waals surface area contributed by atoms with Crippen LogP contribution in [0.3, 0.4) is 0 Å². The quantitative estimate of drug-likeness (QED) is 0.833. The lowest BCUT2D eigenvalue weighted by Crippen LogP contribution is -2.31. The van der Waals surface area contributed by atoms with Crippen molar-refractivity contribution in [3.8, 4) is 0 Å². The molecule has 0 aliphatic carbocycles. The molecule has 2 rings (SSSR count). The number of sulfonamides is 1. The number of hydrogen-bond acceptors (Lipinski definition) is 5. The predicted octanol–water partition coefficient (Wildman–Crippen LogP) is 1.29. The van der Waals surface area contributed by atoms with E-state index < -0.39 is 27.7 Å². The third-order valence-corrected chi connectivity index (χ3v) is 5.91. The predicted molar refractivity (Wildman–Crippen MR) is 77.0 cm³/mol. The highest BCUT2D eigenvalue weighted by atomic mass is 35.5. The van der Waals surface area contributed by atoms with Gasteiger partial charge in [0.05, 0.1) is 10.9 Å². The summed E-state index contributed by atoms with van der Waals surface area (Å²) in [6.07, 6.45) is -4.77. The van der Waals surface area contributed by atoms with Gasteiger partial charge in [0.2, 0.25) is 15.8 Å². The number of halogens is 4. The number of hydrogen-bond donors (Lipinski definition) is 1. The molecule has 23 heavy (non-hydrogen) atoms. The molecule has 13 heteroatoms. The van der Waals surface area contributed by atoms with Crippen molar-refractivity contribution in [1.82, 2.24) is 19.1 Å². The van der Waals surface area contributed by atoms with Crippen LogP contribution in [0.4, 0.5) is 13.2 Å². The number of nitrogens with one attached hydrogen (secondary N) is 1. The summed E-state index contributed by atoms with van der Waals surface area (Å²) in [6.45, 7) is -0.646. The summed E-state index contributed by atoms with van der Waals surface area (Å²) in [6, 6.07) is 2.70. The highest BCUT2D eigenvalue weighted by Crippen LogP contribution is 2.26. The molecule has 0 aliphatic heterocycles. The zero-order chi connectivity index (χ0) is 17.4. The Balaban J connectivity index is 2.09. The van der Waals surface area contributed by atoms with E-state index in [9.17, 15) is 26.4 Å². The van der Waals surface area contributed by atoms with Crippen LogP contribution in [0.15, 0.2) is 21.1 Å². The summed E-state index contributed by atoms with van der Waals surface area (Å²) in [5.74, 6) is -1.35. The molecule has 0 aliphatic rings. The largest absolute Gasteiger partial charge is 0.451 e. The Kier molecular flexibility index (Phi) is 4.89. The molecular weight excluding hydrogens is 381 g/mol. The highest BCUT2D eigenvalue weighted by Gasteiger charge is 2.37. The molecule has 0 aromatic carbocycles. The number of thiophene rings is 1. The molecule has 0 unspecified atom stereocenters. The first-order valence-corrected chi connectivity index (χ1v) is 8.66. The molecule has 0 saturated heterocycles. The van der Waals surface area contributed by atoms with Crippen LogP contribution in [-0.4, -0.2) is 29.3 Å². The molecule has 0 amide bonds. The fraction of sp³-hybridized carbons (Fsp3) is 0.400. The Labute approximate surface area is 137 Å². The fourth-order valence-corrected chi connectivity index (χ4v) is 4.23. The van der Waals surface area contributed by atoms with Crippen molar-refractivity contribution in [3.63, 3.8) is 0 Å². The van der Waals surface area contributed by atoms with Gasteiger partial charge in [-0.25, -0.2) is 22.6 Å². The lowest BCUT2D eigenvalue weighted by molar-refractivity contribution is -0.147. The summed E-state index contributed by atoms with van der Waals surface area (Å²) in [5.41, 5.74) is -0.990. The van der Waals surface area contributed by atoms with Gasteiger partial charge in [0, 0.05) is 13.6 Å². The molecule has 0 atom stereocenters. The maximum Gasteiger partial charge on any atom is 0.451 e. The minimum absolute atomic E-state index is 0.0353. The number of alkyl halides is 3. The van der Waals surface area contributed by atoms with Gasteiger partial charge in [-0.2, -0.15) is 13.2 Å². The summed E-state index contributed by atoms with van der Waals surface area (Å²) >= 11 is 6.47.